The number of unbranched alkanes of at least 4 members (excludes halogenated alkanes) is 1. The van der Waals surface area contributed by atoms with Gasteiger partial charge in [-0.2, -0.15) is 8.42 Å². The molecule has 0 aromatic carbocycles. The molecule has 0 rings (SSSR count). The highest BCUT2D eigenvalue weighted by molar-refractivity contribution is 7.85. The van der Waals surface area contributed by atoms with Crippen molar-refractivity contribution in [3.63, 3.8) is 0 Å². The fraction of sp³-hybridized carbons (Fsp3) is 0.588. The van der Waals surface area contributed by atoms with E-state index in [-0.39, 0.29) is 17.6 Å². The van der Waals surface area contributed by atoms with Crippen LogP contribution in [0.5, 0.6) is 0 Å². The predicted octanol–water partition coefficient (Wildman–Crippen LogP) is 1.79. The molecule has 0 saturated carbocycles. The van der Waals surface area contributed by atoms with Gasteiger partial charge in [0.2, 0.25) is 5.94 Å². The average Bonchev–Trinajstić information content (AvgIpc) is 2.57. The molecule has 10 heteroatoms. The molecule has 0 saturated heterocycles. The molecule has 0 heterocycles. The Morgan fingerprint density at radius 3 is 1.74 bits per heavy atom. The van der Waals surface area contributed by atoms with Gasteiger partial charge in [0.25, 0.3) is 0 Å². The lowest BCUT2D eigenvalue weighted by Gasteiger charge is -2.30. The zero-order chi connectivity index (χ0) is 21.3. The number of carbonyl (C=O) groups excluding carboxylic acids is 3. The zero-order valence-electron chi connectivity index (χ0n) is 15.8. The van der Waals surface area contributed by atoms with Crippen LogP contribution in [0.15, 0.2) is 24.3 Å². The number of rotatable bonds is 12. The first-order valence-corrected chi connectivity index (χ1v) is 9.73. The average molecular weight is 406 g/mol. The van der Waals surface area contributed by atoms with E-state index in [0.717, 1.165) is 0 Å². The SMILES string of the molecule is C=C(C)C(=O)OCC(CCCC)(COC(=O)C(=C)C)C(=O)OCS(=O)(=O)O. The lowest BCUT2D eigenvalue weighted by Crippen LogP contribution is -2.43. The van der Waals surface area contributed by atoms with Crippen molar-refractivity contribution in [2.45, 2.75) is 40.0 Å². The summed E-state index contributed by atoms with van der Waals surface area (Å²) in [6.07, 6.45) is 1.20. The Kier molecular flexibility index (Phi) is 9.95. The monoisotopic (exact) mass is 406 g/mol. The van der Waals surface area contributed by atoms with Crippen LogP contribution in [0.1, 0.15) is 40.0 Å². The molecule has 0 fully saturated rings. The Bertz CT molecular complexity index is 661. The van der Waals surface area contributed by atoms with Crippen LogP contribution in [0, 0.1) is 5.41 Å². The molecule has 0 aliphatic heterocycles. The predicted molar refractivity (Wildman–Crippen MR) is 96.0 cm³/mol. The second-order valence-corrected chi connectivity index (χ2v) is 7.63. The van der Waals surface area contributed by atoms with E-state index in [1.165, 1.54) is 13.8 Å². The van der Waals surface area contributed by atoms with E-state index >= 15 is 0 Å². The smallest absolute Gasteiger partial charge is 0.333 e. The van der Waals surface area contributed by atoms with Crippen molar-refractivity contribution in [1.82, 2.24) is 0 Å². The highest BCUT2D eigenvalue weighted by Crippen LogP contribution is 2.29. The van der Waals surface area contributed by atoms with Crippen LogP contribution < -0.4 is 0 Å². The topological polar surface area (TPSA) is 133 Å². The van der Waals surface area contributed by atoms with Crippen molar-refractivity contribution in [3.05, 3.63) is 24.3 Å². The van der Waals surface area contributed by atoms with E-state index in [1.807, 2.05) is 6.92 Å². The summed E-state index contributed by atoms with van der Waals surface area (Å²) in [7, 11) is -4.58. The van der Waals surface area contributed by atoms with Gasteiger partial charge in [-0.05, 0) is 20.3 Å². The van der Waals surface area contributed by atoms with Gasteiger partial charge in [0.1, 0.15) is 18.6 Å². The van der Waals surface area contributed by atoms with Crippen LogP contribution in [0.3, 0.4) is 0 Å². The van der Waals surface area contributed by atoms with Crippen LogP contribution in [0.4, 0.5) is 0 Å². The van der Waals surface area contributed by atoms with Crippen molar-refractivity contribution in [2.24, 2.45) is 5.41 Å². The molecule has 0 aliphatic rings. The van der Waals surface area contributed by atoms with E-state index in [2.05, 4.69) is 17.9 Å². The third-order valence-electron chi connectivity index (χ3n) is 3.44. The maximum atomic E-state index is 12.6. The fourth-order valence-corrected chi connectivity index (χ4v) is 2.11. The van der Waals surface area contributed by atoms with Gasteiger partial charge < -0.3 is 14.2 Å². The molecule has 154 valence electrons. The molecule has 1 N–H and O–H groups in total. The van der Waals surface area contributed by atoms with Gasteiger partial charge in [0, 0.05) is 11.1 Å². The summed E-state index contributed by atoms with van der Waals surface area (Å²) in [4.78, 5) is 36.0. The van der Waals surface area contributed by atoms with Crippen molar-refractivity contribution >= 4 is 28.0 Å². The summed E-state index contributed by atoms with van der Waals surface area (Å²) in [5.41, 5.74) is -1.47. The number of ether oxygens (including phenoxy) is 3. The van der Waals surface area contributed by atoms with Gasteiger partial charge in [0.15, 0.2) is 0 Å². The minimum Gasteiger partial charge on any atom is -0.461 e. The van der Waals surface area contributed by atoms with Crippen LogP contribution >= 0.6 is 0 Å². The minimum absolute atomic E-state index is 0.0841. The fourth-order valence-electron chi connectivity index (χ4n) is 1.86. The first-order chi connectivity index (χ1) is 12.3. The Morgan fingerprint density at radius 2 is 1.41 bits per heavy atom. The Morgan fingerprint density at radius 1 is 0.963 bits per heavy atom. The van der Waals surface area contributed by atoms with Gasteiger partial charge in [-0.1, -0.05) is 32.9 Å². The maximum absolute atomic E-state index is 12.6. The summed E-state index contributed by atoms with van der Waals surface area (Å²) in [6, 6.07) is 0. The van der Waals surface area contributed by atoms with Gasteiger partial charge in [0.05, 0.1) is 0 Å². The Hall–Kier alpha value is -2.20. The minimum atomic E-state index is -4.58. The number of carbonyl (C=O) groups is 3. The van der Waals surface area contributed by atoms with Gasteiger partial charge >= 0.3 is 28.0 Å². The van der Waals surface area contributed by atoms with Crippen molar-refractivity contribution in [3.8, 4) is 0 Å². The van der Waals surface area contributed by atoms with E-state index in [9.17, 15) is 22.8 Å². The summed E-state index contributed by atoms with van der Waals surface area (Å²) in [6.45, 7) is 10.5. The molecule has 0 atom stereocenters. The van der Waals surface area contributed by atoms with Crippen molar-refractivity contribution in [1.29, 1.82) is 0 Å². The highest BCUT2D eigenvalue weighted by atomic mass is 32.2. The molecule has 0 spiro atoms. The van der Waals surface area contributed by atoms with Crippen molar-refractivity contribution < 1.29 is 41.6 Å². The zero-order valence-corrected chi connectivity index (χ0v) is 16.6. The molecular weight excluding hydrogens is 380 g/mol. The van der Waals surface area contributed by atoms with Gasteiger partial charge in [-0.25, -0.2) is 9.59 Å². The van der Waals surface area contributed by atoms with Crippen LogP contribution in [-0.4, -0.2) is 50.0 Å². The molecule has 0 aromatic rings. The van der Waals surface area contributed by atoms with Crippen LogP contribution in [0.25, 0.3) is 0 Å². The van der Waals surface area contributed by atoms with Crippen LogP contribution in [0.2, 0.25) is 0 Å². The number of esters is 3. The normalized spacial score (nSPS) is 11.4. The second-order valence-electron chi connectivity index (χ2n) is 6.23. The molecular formula is C17H26O9S. The quantitative estimate of drug-likeness (QED) is 0.223. The largest absolute Gasteiger partial charge is 0.461 e. The first kappa shape index (κ1) is 24.8. The first-order valence-electron chi connectivity index (χ1n) is 8.12. The lowest BCUT2D eigenvalue weighted by molar-refractivity contribution is -0.169. The van der Waals surface area contributed by atoms with Gasteiger partial charge in [-0.15, -0.1) is 0 Å². The Balaban J connectivity index is 5.63. The maximum Gasteiger partial charge on any atom is 0.333 e. The standard InChI is InChI=1S/C17H26O9S/c1-6-7-8-17(9-24-14(18)12(2)3,10-25-15(19)13(4)5)16(20)26-11-27(21,22)23/h2,4,6-11H2,1,3,5H3,(H,21,22,23). The van der Waals surface area contributed by atoms with E-state index < -0.39 is 52.6 Å². The summed E-state index contributed by atoms with van der Waals surface area (Å²) in [5.74, 6) is -3.91. The molecule has 27 heavy (non-hydrogen) atoms. The van der Waals surface area contributed by atoms with E-state index in [0.29, 0.717) is 12.8 Å². The second kappa shape index (κ2) is 10.8. The van der Waals surface area contributed by atoms with E-state index in [4.69, 9.17) is 14.0 Å². The lowest BCUT2D eigenvalue weighted by atomic mass is 9.84. The molecule has 0 amide bonds. The molecule has 0 aliphatic carbocycles. The summed E-state index contributed by atoms with van der Waals surface area (Å²) >= 11 is 0. The third kappa shape index (κ3) is 9.34. The summed E-state index contributed by atoms with van der Waals surface area (Å²) < 4.78 is 45.3. The Labute approximate surface area is 159 Å². The number of hydrogen-bond donors (Lipinski definition) is 1. The molecule has 0 aromatic heterocycles. The van der Waals surface area contributed by atoms with Crippen molar-refractivity contribution in [2.75, 3.05) is 19.2 Å². The van der Waals surface area contributed by atoms with E-state index in [1.54, 1.807) is 0 Å². The summed E-state index contributed by atoms with van der Waals surface area (Å²) in [5, 5.41) is 0. The molecule has 9 nitrogen and oxygen atoms in total. The molecule has 0 radical (unpaired) electrons. The molecule has 0 unspecified atom stereocenters. The van der Waals surface area contributed by atoms with Crippen LogP contribution in [-0.2, 0) is 38.7 Å². The van der Waals surface area contributed by atoms with Gasteiger partial charge in [-0.3, -0.25) is 9.35 Å². The highest BCUT2D eigenvalue weighted by Gasteiger charge is 2.43. The molecule has 0 bridgehead atoms. The third-order valence-corrected chi connectivity index (χ3v) is 3.85. The number of hydrogen-bond acceptors (Lipinski definition) is 8.